The van der Waals surface area contributed by atoms with Gasteiger partial charge in [-0.15, -0.1) is 0 Å². The van der Waals surface area contributed by atoms with Crippen molar-refractivity contribution in [1.29, 1.82) is 0 Å². The molecule has 2 aliphatic rings. The zero-order chi connectivity index (χ0) is 12.4. The molecule has 1 aliphatic heterocycles. The molecule has 98 valence electrons. The normalized spacial score (nSPS) is 25.3. The van der Waals surface area contributed by atoms with Gasteiger partial charge in [-0.2, -0.15) is 0 Å². The highest BCUT2D eigenvalue weighted by Crippen LogP contribution is 2.39. The molecule has 3 rings (SSSR count). The highest BCUT2D eigenvalue weighted by molar-refractivity contribution is 5.41. The number of likely N-dealkylation sites (N-methyl/N-ethyl adjacent to an activating group) is 1. The Balaban J connectivity index is 1.63. The van der Waals surface area contributed by atoms with Gasteiger partial charge in [0, 0.05) is 25.2 Å². The van der Waals surface area contributed by atoms with Crippen molar-refractivity contribution in [3.05, 3.63) is 35.4 Å². The first-order valence-corrected chi connectivity index (χ1v) is 7.21. The number of hydrogen-bond acceptors (Lipinski definition) is 2. The first-order valence-electron chi connectivity index (χ1n) is 7.21. The summed E-state index contributed by atoms with van der Waals surface area (Å²) in [6.07, 6.45) is 5.04. The Morgan fingerprint density at radius 2 is 2.06 bits per heavy atom. The van der Waals surface area contributed by atoms with E-state index in [9.17, 15) is 0 Å². The predicted molar refractivity (Wildman–Crippen MR) is 73.9 cm³/mol. The van der Waals surface area contributed by atoms with E-state index in [4.69, 9.17) is 4.74 Å². The van der Waals surface area contributed by atoms with Crippen LogP contribution in [-0.4, -0.2) is 26.3 Å². The van der Waals surface area contributed by atoms with Crippen molar-refractivity contribution in [2.24, 2.45) is 5.92 Å². The van der Waals surface area contributed by atoms with Crippen molar-refractivity contribution in [3.8, 4) is 0 Å². The van der Waals surface area contributed by atoms with Crippen LogP contribution in [0.4, 0.5) is 0 Å². The molecule has 2 atom stereocenters. The zero-order valence-electron chi connectivity index (χ0n) is 11.2. The van der Waals surface area contributed by atoms with E-state index in [-0.39, 0.29) is 0 Å². The van der Waals surface area contributed by atoms with Gasteiger partial charge < -0.3 is 10.1 Å². The van der Waals surface area contributed by atoms with Crippen molar-refractivity contribution in [1.82, 2.24) is 5.32 Å². The van der Waals surface area contributed by atoms with Crippen LogP contribution in [0.1, 0.15) is 36.3 Å². The standard InChI is InChI=1S/C16H23NO/c1-17-16(10-12-6-8-18-9-7-12)15-11-13-4-2-3-5-14(13)15/h2-5,12,15-17H,6-11H2,1H3. The molecule has 0 amide bonds. The quantitative estimate of drug-likeness (QED) is 0.880. The number of benzene rings is 1. The van der Waals surface area contributed by atoms with Gasteiger partial charge in [0.15, 0.2) is 0 Å². The Labute approximate surface area is 110 Å². The van der Waals surface area contributed by atoms with E-state index in [0.717, 1.165) is 25.0 Å². The van der Waals surface area contributed by atoms with E-state index in [0.29, 0.717) is 6.04 Å². The number of fused-ring (bicyclic) bond motifs is 1. The van der Waals surface area contributed by atoms with Gasteiger partial charge in [0.2, 0.25) is 0 Å². The second-order valence-corrected chi connectivity index (χ2v) is 5.70. The van der Waals surface area contributed by atoms with Crippen molar-refractivity contribution < 1.29 is 4.74 Å². The number of hydrogen-bond donors (Lipinski definition) is 1. The molecule has 0 spiro atoms. The summed E-state index contributed by atoms with van der Waals surface area (Å²) < 4.78 is 5.45. The van der Waals surface area contributed by atoms with Crippen LogP contribution in [0.25, 0.3) is 0 Å². The van der Waals surface area contributed by atoms with Gasteiger partial charge in [-0.3, -0.25) is 0 Å². The van der Waals surface area contributed by atoms with E-state index >= 15 is 0 Å². The maximum atomic E-state index is 5.45. The predicted octanol–water partition coefficient (Wildman–Crippen LogP) is 2.73. The lowest BCUT2D eigenvalue weighted by Crippen LogP contribution is -2.40. The Hall–Kier alpha value is -0.860. The molecular formula is C16H23NO. The molecule has 1 aromatic rings. The maximum absolute atomic E-state index is 5.45. The number of nitrogens with one attached hydrogen (secondary N) is 1. The molecule has 0 saturated carbocycles. The maximum Gasteiger partial charge on any atom is 0.0468 e. The third-order valence-corrected chi connectivity index (χ3v) is 4.68. The summed E-state index contributed by atoms with van der Waals surface area (Å²) in [7, 11) is 2.12. The van der Waals surface area contributed by atoms with Crippen molar-refractivity contribution in [3.63, 3.8) is 0 Å². The highest BCUT2D eigenvalue weighted by Gasteiger charge is 2.33. The van der Waals surface area contributed by atoms with Crippen LogP contribution in [0.15, 0.2) is 24.3 Å². The van der Waals surface area contributed by atoms with Crippen LogP contribution in [0.3, 0.4) is 0 Å². The minimum atomic E-state index is 0.642. The molecule has 1 aromatic carbocycles. The van der Waals surface area contributed by atoms with E-state index < -0.39 is 0 Å². The number of ether oxygens (including phenoxy) is 1. The highest BCUT2D eigenvalue weighted by atomic mass is 16.5. The fourth-order valence-electron chi connectivity index (χ4n) is 3.48. The summed E-state index contributed by atoms with van der Waals surface area (Å²) in [5.74, 6) is 1.58. The van der Waals surface area contributed by atoms with Gasteiger partial charge in [0.05, 0.1) is 0 Å². The summed E-state index contributed by atoms with van der Waals surface area (Å²) in [6.45, 7) is 1.92. The Morgan fingerprint density at radius 3 is 2.78 bits per heavy atom. The van der Waals surface area contributed by atoms with Gasteiger partial charge in [-0.05, 0) is 49.8 Å². The Morgan fingerprint density at radius 1 is 1.28 bits per heavy atom. The molecule has 1 N–H and O–H groups in total. The van der Waals surface area contributed by atoms with Gasteiger partial charge >= 0.3 is 0 Å². The molecule has 0 radical (unpaired) electrons. The van der Waals surface area contributed by atoms with Gasteiger partial charge in [0.25, 0.3) is 0 Å². The smallest absolute Gasteiger partial charge is 0.0468 e. The molecule has 0 aromatic heterocycles. The summed E-state index contributed by atoms with van der Waals surface area (Å²) in [6, 6.07) is 9.54. The second-order valence-electron chi connectivity index (χ2n) is 5.70. The average molecular weight is 245 g/mol. The minimum Gasteiger partial charge on any atom is -0.381 e. The largest absolute Gasteiger partial charge is 0.381 e. The Kier molecular flexibility index (Phi) is 3.67. The molecule has 1 heterocycles. The van der Waals surface area contributed by atoms with E-state index in [2.05, 4.69) is 36.6 Å². The molecule has 1 aliphatic carbocycles. The first-order chi connectivity index (χ1) is 8.88. The van der Waals surface area contributed by atoms with Gasteiger partial charge in [0.1, 0.15) is 0 Å². The summed E-state index contributed by atoms with van der Waals surface area (Å²) >= 11 is 0. The second kappa shape index (κ2) is 5.41. The molecular weight excluding hydrogens is 222 g/mol. The molecule has 2 heteroatoms. The molecule has 18 heavy (non-hydrogen) atoms. The third-order valence-electron chi connectivity index (χ3n) is 4.68. The monoisotopic (exact) mass is 245 g/mol. The molecule has 2 unspecified atom stereocenters. The van der Waals surface area contributed by atoms with Crippen LogP contribution in [0.5, 0.6) is 0 Å². The molecule has 0 bridgehead atoms. The molecule has 1 fully saturated rings. The van der Waals surface area contributed by atoms with Crippen LogP contribution < -0.4 is 5.32 Å². The summed E-state index contributed by atoms with van der Waals surface area (Å²) in [5.41, 5.74) is 3.12. The Bertz CT molecular complexity index is 398. The lowest BCUT2D eigenvalue weighted by molar-refractivity contribution is 0.0594. The SMILES string of the molecule is CNC(CC1CCOCC1)C1Cc2ccccc21. The third kappa shape index (κ3) is 2.32. The van der Waals surface area contributed by atoms with Crippen LogP contribution >= 0.6 is 0 Å². The van der Waals surface area contributed by atoms with Gasteiger partial charge in [-0.25, -0.2) is 0 Å². The van der Waals surface area contributed by atoms with Crippen LogP contribution in [-0.2, 0) is 11.2 Å². The summed E-state index contributed by atoms with van der Waals surface area (Å²) in [4.78, 5) is 0. The fourth-order valence-corrected chi connectivity index (χ4v) is 3.48. The fraction of sp³-hybridized carbons (Fsp3) is 0.625. The zero-order valence-corrected chi connectivity index (χ0v) is 11.2. The minimum absolute atomic E-state index is 0.642. The van der Waals surface area contributed by atoms with Crippen molar-refractivity contribution in [2.45, 2.75) is 37.6 Å². The van der Waals surface area contributed by atoms with Crippen molar-refractivity contribution >= 4 is 0 Å². The van der Waals surface area contributed by atoms with Crippen molar-refractivity contribution in [2.75, 3.05) is 20.3 Å². The van der Waals surface area contributed by atoms with E-state index in [1.807, 2.05) is 0 Å². The van der Waals surface area contributed by atoms with Crippen LogP contribution in [0.2, 0.25) is 0 Å². The van der Waals surface area contributed by atoms with Gasteiger partial charge in [-0.1, -0.05) is 24.3 Å². The van der Waals surface area contributed by atoms with Crippen LogP contribution in [0, 0.1) is 5.92 Å². The lowest BCUT2D eigenvalue weighted by atomic mass is 9.71. The molecule has 2 nitrogen and oxygen atoms in total. The summed E-state index contributed by atoms with van der Waals surface area (Å²) in [5, 5.41) is 3.55. The lowest BCUT2D eigenvalue weighted by Gasteiger charge is -2.38. The topological polar surface area (TPSA) is 21.3 Å². The van der Waals surface area contributed by atoms with E-state index in [1.165, 1.54) is 25.7 Å². The first kappa shape index (κ1) is 12.2. The number of rotatable bonds is 4. The van der Waals surface area contributed by atoms with E-state index in [1.54, 1.807) is 11.1 Å². The molecule has 1 saturated heterocycles. The average Bonchev–Trinajstić information content (AvgIpc) is 2.40.